The molecule has 0 nitrogen and oxygen atoms in total. The number of allylic oxidation sites excluding steroid dienone is 3. The Morgan fingerprint density at radius 3 is 2.06 bits per heavy atom. The van der Waals surface area contributed by atoms with Crippen LogP contribution in [0.25, 0.3) is 22.4 Å². The zero-order valence-corrected chi connectivity index (χ0v) is 20.0. The van der Waals surface area contributed by atoms with Gasteiger partial charge in [0.15, 0.2) is 0 Å². The summed E-state index contributed by atoms with van der Waals surface area (Å²) < 4.78 is 39.7. The zero-order valence-electron chi connectivity index (χ0n) is 20.0. The van der Waals surface area contributed by atoms with E-state index in [4.69, 9.17) is 0 Å². The minimum Gasteiger partial charge on any atom is -0.166 e. The van der Waals surface area contributed by atoms with Crippen LogP contribution in [0.4, 0.5) is 13.2 Å². The van der Waals surface area contributed by atoms with Gasteiger partial charge < -0.3 is 0 Å². The number of benzene rings is 3. The second-order valence-electron chi connectivity index (χ2n) is 10.5. The molecule has 1 aliphatic carbocycles. The van der Waals surface area contributed by atoms with Gasteiger partial charge in [-0.05, 0) is 93.5 Å². The van der Waals surface area contributed by atoms with Crippen molar-refractivity contribution in [1.29, 1.82) is 0 Å². The highest BCUT2D eigenvalue weighted by Gasteiger charge is 2.37. The summed E-state index contributed by atoms with van der Waals surface area (Å²) in [4.78, 5) is 0. The second-order valence-corrected chi connectivity index (χ2v) is 10.5. The first-order valence-corrected chi connectivity index (χ1v) is 11.5. The van der Waals surface area contributed by atoms with Gasteiger partial charge in [0.2, 0.25) is 0 Å². The highest BCUT2D eigenvalue weighted by molar-refractivity contribution is 5.92. The van der Waals surface area contributed by atoms with Crippen molar-refractivity contribution < 1.29 is 13.2 Å². The molecule has 0 unspecified atom stereocenters. The van der Waals surface area contributed by atoms with E-state index >= 15 is 0 Å². The van der Waals surface area contributed by atoms with Gasteiger partial charge in [0.1, 0.15) is 0 Å². The molecular weight excluding hydrogens is 417 g/mol. The minimum atomic E-state index is -4.36. The Morgan fingerprint density at radius 1 is 0.818 bits per heavy atom. The Hall–Kier alpha value is -2.81. The average Bonchev–Trinajstić information content (AvgIpc) is 2.75. The van der Waals surface area contributed by atoms with Gasteiger partial charge in [-0.3, -0.25) is 0 Å². The fourth-order valence-corrected chi connectivity index (χ4v) is 4.88. The quantitative estimate of drug-likeness (QED) is 0.277. The number of alkyl halides is 3. The van der Waals surface area contributed by atoms with Crippen LogP contribution in [0.2, 0.25) is 0 Å². The van der Waals surface area contributed by atoms with Crippen LogP contribution in [0.5, 0.6) is 0 Å². The van der Waals surface area contributed by atoms with E-state index in [0.717, 1.165) is 29.0 Å². The lowest BCUT2D eigenvalue weighted by Crippen LogP contribution is -2.33. The lowest BCUT2D eigenvalue weighted by molar-refractivity contribution is -0.137. The third-order valence-corrected chi connectivity index (χ3v) is 7.03. The molecular formula is C30H31F3. The SMILES string of the molecule is C/C=C\C(=C\c1ccc2cc3c(cc2c1)C(C)(C)CCC3(C)C)c1cccc(C(F)(F)F)c1. The molecule has 0 heterocycles. The highest BCUT2D eigenvalue weighted by atomic mass is 19.4. The van der Waals surface area contributed by atoms with Gasteiger partial charge in [0.05, 0.1) is 5.56 Å². The minimum absolute atomic E-state index is 0.124. The van der Waals surface area contributed by atoms with Crippen LogP contribution in [0, 0.1) is 0 Å². The first kappa shape index (κ1) is 23.4. The van der Waals surface area contributed by atoms with Crippen molar-refractivity contribution >= 4 is 22.4 Å². The summed E-state index contributed by atoms with van der Waals surface area (Å²) in [5.41, 5.74) is 4.75. The second kappa shape index (κ2) is 8.20. The van der Waals surface area contributed by atoms with Gasteiger partial charge in [0.25, 0.3) is 0 Å². The molecule has 4 rings (SSSR count). The smallest absolute Gasteiger partial charge is 0.166 e. The summed E-state index contributed by atoms with van der Waals surface area (Å²) in [5, 5.41) is 2.36. The largest absolute Gasteiger partial charge is 0.416 e. The van der Waals surface area contributed by atoms with Crippen molar-refractivity contribution in [2.75, 3.05) is 0 Å². The van der Waals surface area contributed by atoms with Crippen LogP contribution in [0.15, 0.2) is 66.7 Å². The summed E-state index contributed by atoms with van der Waals surface area (Å²) in [6.07, 6.45) is 3.64. The summed E-state index contributed by atoms with van der Waals surface area (Å²) in [7, 11) is 0. The Morgan fingerprint density at radius 2 is 1.45 bits per heavy atom. The topological polar surface area (TPSA) is 0 Å². The molecule has 0 N–H and O–H groups in total. The third kappa shape index (κ3) is 4.64. The number of rotatable bonds is 3. The van der Waals surface area contributed by atoms with E-state index in [9.17, 15) is 13.2 Å². The standard InChI is InChI=1S/C30H31F3/c1-6-8-21(22-9-7-10-25(17-22)30(31,32)33)15-20-11-12-23-18-26-27(19-24(23)16-20)29(4,5)14-13-28(26,2)3/h6-12,15-19H,13-14H2,1-5H3/b8-6-,21-15-. The van der Waals surface area contributed by atoms with Crippen molar-refractivity contribution in [3.63, 3.8) is 0 Å². The van der Waals surface area contributed by atoms with E-state index in [0.29, 0.717) is 5.56 Å². The molecule has 0 atom stereocenters. The average molecular weight is 449 g/mol. The van der Waals surface area contributed by atoms with E-state index in [-0.39, 0.29) is 10.8 Å². The maximum absolute atomic E-state index is 13.2. The van der Waals surface area contributed by atoms with Crippen LogP contribution in [0.3, 0.4) is 0 Å². The maximum Gasteiger partial charge on any atom is 0.416 e. The Balaban J connectivity index is 1.82. The van der Waals surface area contributed by atoms with E-state index < -0.39 is 11.7 Å². The molecule has 0 fully saturated rings. The van der Waals surface area contributed by atoms with Gasteiger partial charge in [-0.25, -0.2) is 0 Å². The normalized spacial score (nSPS) is 18.0. The van der Waals surface area contributed by atoms with Crippen molar-refractivity contribution in [3.8, 4) is 0 Å². The van der Waals surface area contributed by atoms with E-state index in [1.165, 1.54) is 35.1 Å². The molecule has 0 saturated carbocycles. The zero-order chi connectivity index (χ0) is 24.0. The lowest BCUT2D eigenvalue weighted by atomic mass is 9.63. The number of hydrogen-bond acceptors (Lipinski definition) is 0. The van der Waals surface area contributed by atoms with E-state index in [1.807, 2.05) is 31.2 Å². The van der Waals surface area contributed by atoms with Crippen LogP contribution in [0.1, 0.15) is 75.3 Å². The maximum atomic E-state index is 13.2. The molecule has 0 aliphatic heterocycles. The predicted molar refractivity (Wildman–Crippen MR) is 133 cm³/mol. The monoisotopic (exact) mass is 448 g/mol. The first-order valence-electron chi connectivity index (χ1n) is 11.5. The van der Waals surface area contributed by atoms with Crippen molar-refractivity contribution in [2.45, 2.75) is 64.5 Å². The molecule has 0 bridgehead atoms. The molecule has 0 aromatic heterocycles. The Labute approximate surface area is 194 Å². The summed E-state index contributed by atoms with van der Waals surface area (Å²) in [6, 6.07) is 16.5. The van der Waals surface area contributed by atoms with E-state index in [1.54, 1.807) is 6.07 Å². The molecule has 3 heteroatoms. The number of hydrogen-bond donors (Lipinski definition) is 0. The summed E-state index contributed by atoms with van der Waals surface area (Å²) in [6.45, 7) is 11.1. The molecule has 172 valence electrons. The van der Waals surface area contributed by atoms with Crippen LogP contribution >= 0.6 is 0 Å². The molecule has 3 aromatic carbocycles. The lowest BCUT2D eigenvalue weighted by Gasteiger charge is -2.42. The molecule has 0 spiro atoms. The molecule has 3 aromatic rings. The van der Waals surface area contributed by atoms with Crippen molar-refractivity contribution in [1.82, 2.24) is 0 Å². The number of fused-ring (bicyclic) bond motifs is 2. The van der Waals surface area contributed by atoms with Gasteiger partial charge in [0, 0.05) is 0 Å². The predicted octanol–water partition coefficient (Wildman–Crippen LogP) is 9.32. The van der Waals surface area contributed by atoms with Gasteiger partial charge in [-0.2, -0.15) is 13.2 Å². The number of halogens is 3. The first-order chi connectivity index (χ1) is 15.4. The molecule has 33 heavy (non-hydrogen) atoms. The van der Waals surface area contributed by atoms with Gasteiger partial charge in [-0.15, -0.1) is 0 Å². The van der Waals surface area contributed by atoms with E-state index in [2.05, 4.69) is 52.0 Å². The van der Waals surface area contributed by atoms with Gasteiger partial charge >= 0.3 is 6.18 Å². The van der Waals surface area contributed by atoms with Crippen LogP contribution in [-0.2, 0) is 17.0 Å². The van der Waals surface area contributed by atoms with Gasteiger partial charge in [-0.1, -0.05) is 76.2 Å². The summed E-state index contributed by atoms with van der Waals surface area (Å²) >= 11 is 0. The molecule has 0 saturated heterocycles. The molecule has 1 aliphatic rings. The van der Waals surface area contributed by atoms with Crippen LogP contribution in [-0.4, -0.2) is 0 Å². The van der Waals surface area contributed by atoms with Crippen molar-refractivity contribution in [2.24, 2.45) is 0 Å². The fourth-order valence-electron chi connectivity index (χ4n) is 4.88. The molecule has 0 radical (unpaired) electrons. The van der Waals surface area contributed by atoms with Crippen molar-refractivity contribution in [3.05, 3.63) is 94.6 Å². The third-order valence-electron chi connectivity index (χ3n) is 7.03. The molecule has 0 amide bonds. The fraction of sp³-hybridized carbons (Fsp3) is 0.333. The Kier molecular flexibility index (Phi) is 5.80. The summed E-state index contributed by atoms with van der Waals surface area (Å²) in [5.74, 6) is 0. The highest BCUT2D eigenvalue weighted by Crippen LogP contribution is 2.47. The Bertz CT molecular complexity index is 1250. The van der Waals surface area contributed by atoms with Crippen LogP contribution < -0.4 is 0 Å².